The summed E-state index contributed by atoms with van der Waals surface area (Å²) in [5, 5.41) is 3.94. The fraction of sp³-hybridized carbons (Fsp3) is 0.565. The van der Waals surface area contributed by atoms with Crippen LogP contribution in [0, 0.1) is 5.92 Å². The predicted molar refractivity (Wildman–Crippen MR) is 115 cm³/mol. The van der Waals surface area contributed by atoms with Crippen molar-refractivity contribution in [3.05, 3.63) is 30.5 Å². The summed E-state index contributed by atoms with van der Waals surface area (Å²) in [6.07, 6.45) is 5.28. The highest BCUT2D eigenvalue weighted by Crippen LogP contribution is 2.31. The number of benzene rings is 1. The highest BCUT2D eigenvalue weighted by Gasteiger charge is 2.33. The molecular formula is C23H34N2O3. The van der Waals surface area contributed by atoms with Crippen LogP contribution in [0.5, 0.6) is 5.75 Å². The molecule has 1 aromatic heterocycles. The van der Waals surface area contributed by atoms with Crippen LogP contribution < -0.4 is 10.1 Å². The number of hydrogen-bond donors (Lipinski definition) is 1. The molecule has 0 bridgehead atoms. The van der Waals surface area contributed by atoms with Gasteiger partial charge in [0.25, 0.3) is 5.91 Å². The Morgan fingerprint density at radius 1 is 1.21 bits per heavy atom. The molecule has 0 saturated heterocycles. The van der Waals surface area contributed by atoms with Crippen molar-refractivity contribution in [2.24, 2.45) is 5.92 Å². The monoisotopic (exact) mass is 386 g/mol. The van der Waals surface area contributed by atoms with Crippen molar-refractivity contribution >= 4 is 22.5 Å². The minimum Gasteiger partial charge on any atom is -0.491 e. The molecular weight excluding hydrogens is 352 g/mol. The first-order chi connectivity index (χ1) is 13.4. The van der Waals surface area contributed by atoms with Gasteiger partial charge in [-0.1, -0.05) is 40.5 Å². The van der Waals surface area contributed by atoms with Crippen molar-refractivity contribution in [1.29, 1.82) is 0 Å². The Hall–Kier alpha value is -2.14. The lowest BCUT2D eigenvalue weighted by atomic mass is 9.97. The smallest absolute Gasteiger partial charge is 0.256 e. The van der Waals surface area contributed by atoms with Crippen LogP contribution in [0.2, 0.25) is 0 Å². The van der Waals surface area contributed by atoms with Gasteiger partial charge in [-0.2, -0.15) is 0 Å². The van der Waals surface area contributed by atoms with Gasteiger partial charge in [-0.15, -0.1) is 0 Å². The van der Waals surface area contributed by atoms with Crippen LogP contribution in [0.25, 0.3) is 10.9 Å². The zero-order valence-electron chi connectivity index (χ0n) is 17.9. The molecule has 0 aliphatic rings. The van der Waals surface area contributed by atoms with Crippen LogP contribution >= 0.6 is 0 Å². The number of unbranched alkanes of at least 4 members (excludes halogenated alkanes) is 1. The quantitative estimate of drug-likeness (QED) is 0.547. The first-order valence-electron chi connectivity index (χ1n) is 10.4. The van der Waals surface area contributed by atoms with Crippen molar-refractivity contribution < 1.29 is 14.3 Å². The van der Waals surface area contributed by atoms with E-state index in [4.69, 9.17) is 9.47 Å². The second-order valence-corrected chi connectivity index (χ2v) is 7.85. The van der Waals surface area contributed by atoms with Gasteiger partial charge in [-0.05, 0) is 49.9 Å². The maximum absolute atomic E-state index is 13.1. The molecule has 0 radical (unpaired) electrons. The van der Waals surface area contributed by atoms with Gasteiger partial charge in [0.15, 0.2) is 0 Å². The van der Waals surface area contributed by atoms with E-state index < -0.39 is 5.60 Å². The zero-order valence-corrected chi connectivity index (χ0v) is 17.9. The van der Waals surface area contributed by atoms with Crippen molar-refractivity contribution in [2.75, 3.05) is 18.5 Å². The number of amides is 1. The van der Waals surface area contributed by atoms with E-state index in [0.717, 1.165) is 41.6 Å². The Kier molecular flexibility index (Phi) is 8.24. The summed E-state index contributed by atoms with van der Waals surface area (Å²) in [7, 11) is 0. The van der Waals surface area contributed by atoms with Gasteiger partial charge in [0.1, 0.15) is 16.9 Å². The molecule has 0 unspecified atom stereocenters. The van der Waals surface area contributed by atoms with Crippen molar-refractivity contribution in [3.8, 4) is 5.75 Å². The second kappa shape index (κ2) is 10.4. The molecule has 2 aromatic rings. The van der Waals surface area contributed by atoms with E-state index in [9.17, 15) is 4.79 Å². The maximum atomic E-state index is 13.1. The summed E-state index contributed by atoms with van der Waals surface area (Å²) in [6, 6.07) is 7.59. The molecule has 5 nitrogen and oxygen atoms in total. The molecule has 1 heterocycles. The Morgan fingerprint density at radius 2 is 2.00 bits per heavy atom. The van der Waals surface area contributed by atoms with Crippen molar-refractivity contribution in [2.45, 2.75) is 65.9 Å². The molecule has 1 aromatic carbocycles. The number of aromatic nitrogens is 1. The van der Waals surface area contributed by atoms with Crippen LogP contribution in [0.15, 0.2) is 30.5 Å². The summed E-state index contributed by atoms with van der Waals surface area (Å²) >= 11 is 0. The van der Waals surface area contributed by atoms with Gasteiger partial charge < -0.3 is 14.8 Å². The van der Waals surface area contributed by atoms with E-state index in [1.807, 2.05) is 38.1 Å². The number of nitrogens with zero attached hydrogens (tertiary/aromatic N) is 1. The third-order valence-electron chi connectivity index (χ3n) is 4.67. The SMILES string of the molecule is CCCC[C@@](C)(OCCC)C(=O)Nc1ccc(OCC(C)C)c2ncccc12. The summed E-state index contributed by atoms with van der Waals surface area (Å²) < 4.78 is 11.9. The van der Waals surface area contributed by atoms with Crippen LogP contribution in [0.3, 0.4) is 0 Å². The standard InChI is InChI=1S/C23H34N2O3/c1-6-8-13-23(5,28-15-7-2)22(26)25-19-11-12-20(27-16-17(3)4)21-18(19)10-9-14-24-21/h9-12,14,17H,6-8,13,15-16H2,1-5H3,(H,25,26)/t23-/m1/s1. The Bertz CT molecular complexity index is 766. The Morgan fingerprint density at radius 3 is 2.68 bits per heavy atom. The number of pyridine rings is 1. The van der Waals surface area contributed by atoms with E-state index >= 15 is 0 Å². The van der Waals surface area contributed by atoms with Crippen molar-refractivity contribution in [1.82, 2.24) is 4.98 Å². The van der Waals surface area contributed by atoms with E-state index in [-0.39, 0.29) is 5.91 Å². The van der Waals surface area contributed by atoms with E-state index in [2.05, 4.69) is 31.1 Å². The molecule has 0 saturated carbocycles. The fourth-order valence-corrected chi connectivity index (χ4v) is 2.98. The molecule has 28 heavy (non-hydrogen) atoms. The summed E-state index contributed by atoms with van der Waals surface area (Å²) in [5.41, 5.74) is 0.645. The average molecular weight is 387 g/mol. The number of carbonyl (C=O) groups is 1. The lowest BCUT2D eigenvalue weighted by molar-refractivity contribution is -0.140. The fourth-order valence-electron chi connectivity index (χ4n) is 2.98. The summed E-state index contributed by atoms with van der Waals surface area (Å²) in [6.45, 7) is 11.5. The van der Waals surface area contributed by atoms with Gasteiger partial charge in [-0.3, -0.25) is 9.78 Å². The molecule has 154 valence electrons. The van der Waals surface area contributed by atoms with Crippen LogP contribution in [0.4, 0.5) is 5.69 Å². The number of ether oxygens (including phenoxy) is 2. The zero-order chi connectivity index (χ0) is 20.6. The normalized spacial score (nSPS) is 13.5. The maximum Gasteiger partial charge on any atom is 0.256 e. The topological polar surface area (TPSA) is 60.5 Å². The average Bonchev–Trinajstić information content (AvgIpc) is 2.69. The molecule has 0 aliphatic heterocycles. The molecule has 5 heteroatoms. The molecule has 0 spiro atoms. The third kappa shape index (κ3) is 5.68. The summed E-state index contributed by atoms with van der Waals surface area (Å²) in [5.74, 6) is 1.04. The number of fused-ring (bicyclic) bond motifs is 1. The summed E-state index contributed by atoms with van der Waals surface area (Å²) in [4.78, 5) is 17.6. The number of anilines is 1. The Labute approximate surface area is 168 Å². The van der Waals surface area contributed by atoms with Gasteiger partial charge in [0.05, 0.1) is 12.3 Å². The minimum atomic E-state index is -0.840. The van der Waals surface area contributed by atoms with Crippen LogP contribution in [-0.4, -0.2) is 29.7 Å². The number of carbonyl (C=O) groups excluding carboxylic acids is 1. The molecule has 0 fully saturated rings. The van der Waals surface area contributed by atoms with E-state index in [1.54, 1.807) is 6.20 Å². The Balaban J connectivity index is 2.29. The van der Waals surface area contributed by atoms with E-state index in [1.165, 1.54) is 0 Å². The van der Waals surface area contributed by atoms with Gasteiger partial charge >= 0.3 is 0 Å². The van der Waals surface area contributed by atoms with E-state index in [0.29, 0.717) is 25.6 Å². The first kappa shape index (κ1) is 22.2. The third-order valence-corrected chi connectivity index (χ3v) is 4.67. The van der Waals surface area contributed by atoms with Crippen LogP contribution in [0.1, 0.15) is 60.3 Å². The predicted octanol–water partition coefficient (Wildman–Crippen LogP) is 5.58. The van der Waals surface area contributed by atoms with Crippen LogP contribution in [-0.2, 0) is 9.53 Å². The molecule has 1 atom stereocenters. The van der Waals surface area contributed by atoms with Gasteiger partial charge in [0.2, 0.25) is 0 Å². The molecule has 1 N–H and O–H groups in total. The lowest BCUT2D eigenvalue weighted by Gasteiger charge is -2.29. The highest BCUT2D eigenvalue weighted by atomic mass is 16.5. The molecule has 2 rings (SSSR count). The van der Waals surface area contributed by atoms with Gasteiger partial charge in [-0.25, -0.2) is 0 Å². The second-order valence-electron chi connectivity index (χ2n) is 7.85. The van der Waals surface area contributed by atoms with Gasteiger partial charge in [0, 0.05) is 18.2 Å². The molecule has 1 amide bonds. The number of hydrogen-bond acceptors (Lipinski definition) is 4. The largest absolute Gasteiger partial charge is 0.491 e. The number of rotatable bonds is 11. The number of nitrogens with one attached hydrogen (secondary N) is 1. The minimum absolute atomic E-state index is 0.115. The first-order valence-corrected chi connectivity index (χ1v) is 10.4. The van der Waals surface area contributed by atoms with Crippen molar-refractivity contribution in [3.63, 3.8) is 0 Å². The molecule has 0 aliphatic carbocycles. The lowest BCUT2D eigenvalue weighted by Crippen LogP contribution is -2.43. The highest BCUT2D eigenvalue weighted by molar-refractivity contribution is 6.05.